The zero-order chi connectivity index (χ0) is 19.1. The van der Waals surface area contributed by atoms with Crippen LogP contribution in [0.5, 0.6) is 0 Å². The van der Waals surface area contributed by atoms with E-state index in [9.17, 15) is 9.59 Å². The van der Waals surface area contributed by atoms with Crippen LogP contribution in [0.2, 0.25) is 0 Å². The number of amides is 2. The van der Waals surface area contributed by atoms with Gasteiger partial charge in [0.05, 0.1) is 12.5 Å². The molecule has 5 nitrogen and oxygen atoms in total. The van der Waals surface area contributed by atoms with Gasteiger partial charge in [0.15, 0.2) is 0 Å². The maximum absolute atomic E-state index is 12.5. The van der Waals surface area contributed by atoms with Gasteiger partial charge in [-0.05, 0) is 56.0 Å². The van der Waals surface area contributed by atoms with Crippen LogP contribution in [-0.2, 0) is 9.59 Å². The molecule has 2 aromatic rings. The van der Waals surface area contributed by atoms with Gasteiger partial charge >= 0.3 is 0 Å². The molecular formula is C21H25N3O2S. The third-order valence-electron chi connectivity index (χ3n) is 4.64. The van der Waals surface area contributed by atoms with Crippen LogP contribution >= 0.6 is 11.8 Å². The van der Waals surface area contributed by atoms with Crippen LogP contribution < -0.4 is 10.6 Å². The van der Waals surface area contributed by atoms with Crippen LogP contribution in [0.25, 0.3) is 0 Å². The molecule has 0 aromatic heterocycles. The minimum absolute atomic E-state index is 0.0268. The number of hydrogen-bond donors (Lipinski definition) is 2. The molecule has 6 heteroatoms. The van der Waals surface area contributed by atoms with Crippen molar-refractivity contribution in [1.82, 2.24) is 4.90 Å². The Morgan fingerprint density at radius 3 is 2.63 bits per heavy atom. The Bertz CT molecular complexity index is 782. The molecule has 2 amide bonds. The number of thioether (sulfide) groups is 1. The lowest BCUT2D eigenvalue weighted by molar-refractivity contribution is -0.123. The van der Waals surface area contributed by atoms with Crippen molar-refractivity contribution in [3.63, 3.8) is 0 Å². The molecule has 0 spiro atoms. The molecule has 1 heterocycles. The summed E-state index contributed by atoms with van der Waals surface area (Å²) in [6.45, 7) is 1.75. The average molecular weight is 384 g/mol. The number of hydrogen-bond acceptors (Lipinski definition) is 4. The van der Waals surface area contributed by atoms with E-state index >= 15 is 0 Å². The first-order valence-corrected chi connectivity index (χ1v) is 10.4. The first-order chi connectivity index (χ1) is 13.1. The topological polar surface area (TPSA) is 61.4 Å². The number of carbonyl (C=O) groups is 2. The van der Waals surface area contributed by atoms with Gasteiger partial charge < -0.3 is 10.6 Å². The van der Waals surface area contributed by atoms with Gasteiger partial charge in [-0.25, -0.2) is 0 Å². The largest absolute Gasteiger partial charge is 0.326 e. The van der Waals surface area contributed by atoms with Crippen molar-refractivity contribution < 1.29 is 9.59 Å². The molecule has 0 saturated carbocycles. The van der Waals surface area contributed by atoms with Gasteiger partial charge in [0.1, 0.15) is 0 Å². The van der Waals surface area contributed by atoms with E-state index in [4.69, 9.17) is 0 Å². The third kappa shape index (κ3) is 5.84. The van der Waals surface area contributed by atoms with Crippen LogP contribution in [-0.4, -0.2) is 42.6 Å². The Hall–Kier alpha value is -2.31. The van der Waals surface area contributed by atoms with Gasteiger partial charge in [-0.1, -0.05) is 24.3 Å². The second kappa shape index (κ2) is 9.58. The highest BCUT2D eigenvalue weighted by molar-refractivity contribution is 7.98. The predicted octanol–water partition coefficient (Wildman–Crippen LogP) is 3.70. The van der Waals surface area contributed by atoms with E-state index in [-0.39, 0.29) is 17.7 Å². The minimum Gasteiger partial charge on any atom is -0.326 e. The van der Waals surface area contributed by atoms with E-state index < -0.39 is 0 Å². The summed E-state index contributed by atoms with van der Waals surface area (Å²) in [5, 5.41) is 5.92. The Labute approximate surface area is 164 Å². The Balaban J connectivity index is 1.51. The van der Waals surface area contributed by atoms with Crippen molar-refractivity contribution in [3.8, 4) is 0 Å². The van der Waals surface area contributed by atoms with Gasteiger partial charge in [-0.2, -0.15) is 0 Å². The summed E-state index contributed by atoms with van der Waals surface area (Å²) < 4.78 is 0. The molecule has 2 aromatic carbocycles. The van der Waals surface area contributed by atoms with Crippen molar-refractivity contribution in [3.05, 3.63) is 54.6 Å². The van der Waals surface area contributed by atoms with Crippen LogP contribution in [0.3, 0.4) is 0 Å². The van der Waals surface area contributed by atoms with Crippen molar-refractivity contribution in [2.45, 2.75) is 17.7 Å². The smallest absolute Gasteiger partial charge is 0.238 e. The predicted molar refractivity (Wildman–Crippen MR) is 111 cm³/mol. The van der Waals surface area contributed by atoms with Gasteiger partial charge in [-0.3, -0.25) is 14.5 Å². The summed E-state index contributed by atoms with van der Waals surface area (Å²) in [6, 6.07) is 17.3. The number of carbonyl (C=O) groups excluding carboxylic acids is 2. The van der Waals surface area contributed by atoms with Gasteiger partial charge in [0.2, 0.25) is 11.8 Å². The summed E-state index contributed by atoms with van der Waals surface area (Å²) in [4.78, 5) is 28.1. The number of piperidine rings is 1. The highest BCUT2D eigenvalue weighted by atomic mass is 32.2. The molecule has 2 N–H and O–H groups in total. The van der Waals surface area contributed by atoms with Crippen LogP contribution in [0.4, 0.5) is 11.4 Å². The highest BCUT2D eigenvalue weighted by Crippen LogP contribution is 2.20. The molecule has 1 atom stereocenters. The van der Waals surface area contributed by atoms with Crippen molar-refractivity contribution in [2.75, 3.05) is 36.5 Å². The van der Waals surface area contributed by atoms with E-state index in [0.717, 1.165) is 35.7 Å². The van der Waals surface area contributed by atoms with Crippen molar-refractivity contribution in [2.24, 2.45) is 5.92 Å². The number of anilines is 2. The van der Waals surface area contributed by atoms with E-state index in [2.05, 4.69) is 15.5 Å². The highest BCUT2D eigenvalue weighted by Gasteiger charge is 2.26. The van der Waals surface area contributed by atoms with E-state index in [0.29, 0.717) is 13.1 Å². The molecule has 0 bridgehead atoms. The molecule has 3 rings (SSSR count). The lowest BCUT2D eigenvalue weighted by Crippen LogP contribution is -2.43. The fourth-order valence-corrected chi connectivity index (χ4v) is 3.74. The summed E-state index contributed by atoms with van der Waals surface area (Å²) in [5.74, 6) is -0.108. The second-order valence-electron chi connectivity index (χ2n) is 6.71. The van der Waals surface area contributed by atoms with E-state index in [1.807, 2.05) is 60.9 Å². The van der Waals surface area contributed by atoms with Gasteiger partial charge in [0, 0.05) is 22.8 Å². The molecule has 1 saturated heterocycles. The quantitative estimate of drug-likeness (QED) is 0.747. The normalized spacial score (nSPS) is 17.3. The van der Waals surface area contributed by atoms with Crippen molar-refractivity contribution in [1.29, 1.82) is 0 Å². The Morgan fingerprint density at radius 1 is 1.07 bits per heavy atom. The SMILES string of the molecule is CSc1cccc(NC(=O)CN2CCC[C@H](C(=O)Nc3ccccc3)C2)c1. The van der Waals surface area contributed by atoms with E-state index in [1.165, 1.54) is 0 Å². The average Bonchev–Trinajstić information content (AvgIpc) is 2.69. The fraction of sp³-hybridized carbons (Fsp3) is 0.333. The standard InChI is InChI=1S/C21H25N3O2S/c1-27-19-11-5-10-18(13-19)22-20(25)15-24-12-6-7-16(14-24)21(26)23-17-8-3-2-4-9-17/h2-5,8-11,13,16H,6-7,12,14-15H2,1H3,(H,22,25)(H,23,26)/t16-/m0/s1. The summed E-state index contributed by atoms with van der Waals surface area (Å²) >= 11 is 1.64. The monoisotopic (exact) mass is 383 g/mol. The van der Waals surface area contributed by atoms with Crippen LogP contribution in [0.1, 0.15) is 12.8 Å². The van der Waals surface area contributed by atoms with Gasteiger partial charge in [-0.15, -0.1) is 11.8 Å². The maximum Gasteiger partial charge on any atom is 0.238 e. The van der Waals surface area contributed by atoms with Crippen molar-refractivity contribution >= 4 is 35.0 Å². The molecule has 1 fully saturated rings. The van der Waals surface area contributed by atoms with Gasteiger partial charge in [0.25, 0.3) is 0 Å². The Morgan fingerprint density at radius 2 is 1.85 bits per heavy atom. The maximum atomic E-state index is 12.5. The molecular weight excluding hydrogens is 358 g/mol. The fourth-order valence-electron chi connectivity index (χ4n) is 3.28. The lowest BCUT2D eigenvalue weighted by atomic mass is 9.97. The molecule has 0 radical (unpaired) electrons. The Kier molecular flexibility index (Phi) is 6.90. The van der Waals surface area contributed by atoms with Crippen LogP contribution in [0.15, 0.2) is 59.5 Å². The summed E-state index contributed by atoms with van der Waals surface area (Å²) in [5.41, 5.74) is 1.62. The number of likely N-dealkylation sites (tertiary alicyclic amines) is 1. The molecule has 1 aliphatic heterocycles. The minimum atomic E-state index is -0.0911. The zero-order valence-electron chi connectivity index (χ0n) is 15.5. The lowest BCUT2D eigenvalue weighted by Gasteiger charge is -2.31. The first-order valence-electron chi connectivity index (χ1n) is 9.16. The first kappa shape index (κ1) is 19.5. The molecule has 0 aliphatic carbocycles. The number of nitrogens with zero attached hydrogens (tertiary/aromatic N) is 1. The molecule has 142 valence electrons. The van der Waals surface area contributed by atoms with E-state index in [1.54, 1.807) is 11.8 Å². The van der Waals surface area contributed by atoms with Crippen LogP contribution in [0, 0.1) is 5.92 Å². The summed E-state index contributed by atoms with van der Waals surface area (Å²) in [7, 11) is 0. The number of benzene rings is 2. The number of rotatable bonds is 6. The summed E-state index contributed by atoms with van der Waals surface area (Å²) in [6.07, 6.45) is 3.78. The molecule has 1 aliphatic rings. The number of para-hydroxylation sites is 1. The molecule has 0 unspecified atom stereocenters. The second-order valence-corrected chi connectivity index (χ2v) is 7.59. The third-order valence-corrected chi connectivity index (χ3v) is 5.36. The zero-order valence-corrected chi connectivity index (χ0v) is 16.3. The number of nitrogens with one attached hydrogen (secondary N) is 2. The molecule has 27 heavy (non-hydrogen) atoms.